The molecule has 1 N–H and O–H groups in total. The molecule has 1 aromatic heterocycles. The van der Waals surface area contributed by atoms with Crippen molar-refractivity contribution in [2.45, 2.75) is 17.9 Å². The quantitative estimate of drug-likeness (QED) is 0.822. The van der Waals surface area contributed by atoms with Gasteiger partial charge in [-0.15, -0.1) is 0 Å². The number of ether oxygens (including phenoxy) is 1. The number of hydrogen-bond donors (Lipinski definition) is 1. The first-order valence-corrected chi connectivity index (χ1v) is 8.88. The number of pyridine rings is 1. The molecule has 0 spiro atoms. The zero-order chi connectivity index (χ0) is 17.7. The third kappa shape index (κ3) is 4.62. The lowest BCUT2D eigenvalue weighted by atomic mass is 10.2. The summed E-state index contributed by atoms with van der Waals surface area (Å²) in [4.78, 5) is 28.6. The second-order valence-corrected chi connectivity index (χ2v) is 6.63. The number of nitrogens with zero attached hydrogens (tertiary/aromatic N) is 1. The first kappa shape index (κ1) is 18.1. The molecule has 24 heavy (non-hydrogen) atoms. The Morgan fingerprint density at radius 2 is 1.96 bits per heavy atom. The summed E-state index contributed by atoms with van der Waals surface area (Å²) in [5.41, 5.74) is 0.169. The molecule has 0 bridgehead atoms. The summed E-state index contributed by atoms with van der Waals surface area (Å²) in [5, 5.41) is 2.96. The Morgan fingerprint density at radius 1 is 1.25 bits per heavy atom. The predicted molar refractivity (Wildman–Crippen MR) is 91.5 cm³/mol. The Hall–Kier alpha value is -2.25. The fraction of sp³-hybridized carbons (Fsp3) is 0.188. The molecule has 0 radical (unpaired) electrons. The van der Waals surface area contributed by atoms with Crippen LogP contribution in [0.2, 0.25) is 5.02 Å². The van der Waals surface area contributed by atoms with Crippen LogP contribution in [-0.2, 0) is 20.3 Å². The average Bonchev–Trinajstić information content (AvgIpc) is 2.56. The smallest absolute Gasteiger partial charge is 0.340 e. The van der Waals surface area contributed by atoms with Crippen molar-refractivity contribution in [1.82, 2.24) is 4.98 Å². The van der Waals surface area contributed by atoms with Crippen LogP contribution in [0.25, 0.3) is 0 Å². The van der Waals surface area contributed by atoms with E-state index in [-0.39, 0.29) is 5.56 Å². The lowest BCUT2D eigenvalue weighted by molar-refractivity contribution is -0.123. The van der Waals surface area contributed by atoms with Crippen molar-refractivity contribution in [3.05, 3.63) is 53.2 Å². The van der Waals surface area contributed by atoms with Crippen LogP contribution in [0.3, 0.4) is 0 Å². The normalized spacial score (nSPS) is 13.0. The highest BCUT2D eigenvalue weighted by Gasteiger charge is 2.21. The maximum Gasteiger partial charge on any atom is 0.340 e. The van der Waals surface area contributed by atoms with E-state index in [0.29, 0.717) is 15.7 Å². The summed E-state index contributed by atoms with van der Waals surface area (Å²) < 4.78 is 16.8. The van der Waals surface area contributed by atoms with Gasteiger partial charge in [0.2, 0.25) is 0 Å². The van der Waals surface area contributed by atoms with E-state index in [2.05, 4.69) is 10.3 Å². The predicted octanol–water partition coefficient (Wildman–Crippen LogP) is 2.66. The summed E-state index contributed by atoms with van der Waals surface area (Å²) in [7, 11) is -1.34. The molecule has 2 atom stereocenters. The SMILES string of the molecule is C[C@H](OC(=O)c1ccccc1[S@](C)=O)C(=O)Nc1ccc(Cl)cn1. The molecular weight excluding hydrogens is 352 g/mol. The van der Waals surface area contributed by atoms with Gasteiger partial charge in [0, 0.05) is 12.5 Å². The summed E-state index contributed by atoms with van der Waals surface area (Å²) in [6, 6.07) is 9.50. The number of hydrogen-bond acceptors (Lipinski definition) is 5. The molecular formula is C16H15ClN2O4S. The second-order valence-electron chi connectivity index (χ2n) is 4.85. The molecule has 0 aliphatic rings. The minimum atomic E-state index is -1.34. The maximum absolute atomic E-state index is 12.2. The molecule has 0 aliphatic heterocycles. The van der Waals surface area contributed by atoms with Crippen LogP contribution >= 0.6 is 11.6 Å². The van der Waals surface area contributed by atoms with Gasteiger partial charge in [0.25, 0.3) is 5.91 Å². The van der Waals surface area contributed by atoms with Crippen LogP contribution in [0.15, 0.2) is 47.5 Å². The van der Waals surface area contributed by atoms with Crippen LogP contribution in [0.1, 0.15) is 17.3 Å². The molecule has 0 unspecified atom stereocenters. The minimum Gasteiger partial charge on any atom is -0.449 e. The van der Waals surface area contributed by atoms with E-state index in [4.69, 9.17) is 16.3 Å². The van der Waals surface area contributed by atoms with Gasteiger partial charge >= 0.3 is 5.97 Å². The highest BCUT2D eigenvalue weighted by molar-refractivity contribution is 7.84. The molecule has 1 heterocycles. The molecule has 6 nitrogen and oxygen atoms in total. The molecule has 0 saturated heterocycles. The third-order valence-corrected chi connectivity index (χ3v) is 4.25. The molecule has 126 valence electrons. The Labute approximate surface area is 146 Å². The van der Waals surface area contributed by atoms with Gasteiger partial charge in [-0.1, -0.05) is 23.7 Å². The number of carbonyl (C=O) groups excluding carboxylic acids is 2. The van der Waals surface area contributed by atoms with E-state index in [1.54, 1.807) is 24.3 Å². The summed E-state index contributed by atoms with van der Waals surface area (Å²) in [6.45, 7) is 1.44. The van der Waals surface area contributed by atoms with E-state index >= 15 is 0 Å². The van der Waals surface area contributed by atoms with Crippen LogP contribution in [0.4, 0.5) is 5.82 Å². The van der Waals surface area contributed by atoms with Gasteiger partial charge in [-0.25, -0.2) is 9.78 Å². The van der Waals surface area contributed by atoms with Gasteiger partial charge in [0.1, 0.15) is 5.82 Å². The second kappa shape index (κ2) is 8.03. The van der Waals surface area contributed by atoms with Crippen LogP contribution < -0.4 is 5.32 Å². The minimum absolute atomic E-state index is 0.169. The number of esters is 1. The van der Waals surface area contributed by atoms with E-state index in [0.717, 1.165) is 0 Å². The van der Waals surface area contributed by atoms with Gasteiger partial charge in [-0.2, -0.15) is 0 Å². The largest absolute Gasteiger partial charge is 0.449 e. The van der Waals surface area contributed by atoms with Crippen molar-refractivity contribution < 1.29 is 18.5 Å². The van der Waals surface area contributed by atoms with Crippen LogP contribution in [0.5, 0.6) is 0 Å². The van der Waals surface area contributed by atoms with Crippen LogP contribution in [0, 0.1) is 0 Å². The fourth-order valence-electron chi connectivity index (χ4n) is 1.84. The lowest BCUT2D eigenvalue weighted by Crippen LogP contribution is -2.30. The zero-order valence-corrected chi connectivity index (χ0v) is 14.6. The monoisotopic (exact) mass is 366 g/mol. The molecule has 0 aliphatic carbocycles. The molecule has 8 heteroatoms. The molecule has 1 amide bonds. The average molecular weight is 367 g/mol. The number of halogens is 1. The number of aromatic nitrogens is 1. The number of nitrogens with one attached hydrogen (secondary N) is 1. The molecule has 0 fully saturated rings. The molecule has 2 aromatic rings. The third-order valence-electron chi connectivity index (χ3n) is 3.05. The highest BCUT2D eigenvalue weighted by Crippen LogP contribution is 2.15. The first-order valence-electron chi connectivity index (χ1n) is 6.94. The van der Waals surface area contributed by atoms with E-state index < -0.39 is 28.8 Å². The van der Waals surface area contributed by atoms with Crippen molar-refractivity contribution in [2.75, 3.05) is 11.6 Å². The molecule has 2 rings (SSSR count). The number of benzene rings is 1. The Bertz CT molecular complexity index is 780. The Balaban J connectivity index is 2.04. The topological polar surface area (TPSA) is 85.4 Å². The van der Waals surface area contributed by atoms with Crippen molar-refractivity contribution in [2.24, 2.45) is 0 Å². The van der Waals surface area contributed by atoms with E-state index in [9.17, 15) is 13.8 Å². The molecule has 0 saturated carbocycles. The Kier molecular flexibility index (Phi) is 6.05. The van der Waals surface area contributed by atoms with Gasteiger partial charge in [0.15, 0.2) is 6.10 Å². The highest BCUT2D eigenvalue weighted by atomic mass is 35.5. The number of anilines is 1. The van der Waals surface area contributed by atoms with Gasteiger partial charge in [-0.05, 0) is 31.2 Å². The van der Waals surface area contributed by atoms with Gasteiger partial charge in [0.05, 0.1) is 26.3 Å². The summed E-state index contributed by atoms with van der Waals surface area (Å²) >= 11 is 5.72. The van der Waals surface area contributed by atoms with Crippen molar-refractivity contribution in [3.8, 4) is 0 Å². The fourth-order valence-corrected chi connectivity index (χ4v) is 2.68. The first-order chi connectivity index (χ1) is 11.4. The summed E-state index contributed by atoms with van der Waals surface area (Å²) in [6.07, 6.45) is 1.81. The zero-order valence-electron chi connectivity index (χ0n) is 13.0. The number of carbonyl (C=O) groups is 2. The van der Waals surface area contributed by atoms with Gasteiger partial charge in [-0.3, -0.25) is 9.00 Å². The maximum atomic E-state index is 12.2. The molecule has 1 aromatic carbocycles. The van der Waals surface area contributed by atoms with Crippen molar-refractivity contribution in [1.29, 1.82) is 0 Å². The van der Waals surface area contributed by atoms with E-state index in [1.165, 1.54) is 31.5 Å². The summed E-state index contributed by atoms with van der Waals surface area (Å²) in [5.74, 6) is -0.955. The van der Waals surface area contributed by atoms with Crippen molar-refractivity contribution in [3.63, 3.8) is 0 Å². The number of amides is 1. The Morgan fingerprint density at radius 3 is 2.58 bits per heavy atom. The lowest BCUT2D eigenvalue weighted by Gasteiger charge is -2.14. The van der Waals surface area contributed by atoms with Crippen LogP contribution in [-0.4, -0.2) is 33.4 Å². The number of rotatable bonds is 5. The standard InChI is InChI=1S/C16H15ClN2O4S/c1-10(15(20)19-14-8-7-11(17)9-18-14)23-16(21)12-5-3-4-6-13(12)24(2)22/h3-10H,1-2H3,(H,18,19,20)/t10-,24-/m0/s1. The van der Waals surface area contributed by atoms with Crippen molar-refractivity contribution >= 4 is 40.1 Å². The van der Waals surface area contributed by atoms with Gasteiger partial charge < -0.3 is 10.1 Å². The van der Waals surface area contributed by atoms with E-state index in [1.807, 2.05) is 0 Å².